The number of benzene rings is 1. The molecular weight excluding hydrogens is 414 g/mol. The van der Waals surface area contributed by atoms with Gasteiger partial charge in [-0.2, -0.15) is 0 Å². The van der Waals surface area contributed by atoms with E-state index in [2.05, 4.69) is 20.5 Å². The summed E-state index contributed by atoms with van der Waals surface area (Å²) in [6.45, 7) is 3.60. The molecule has 1 saturated heterocycles. The molecule has 2 amide bonds. The smallest absolute Gasteiger partial charge is 0.262 e. The molecule has 3 heterocycles. The molecule has 0 atom stereocenters. The summed E-state index contributed by atoms with van der Waals surface area (Å²) < 4.78 is 1.42. The van der Waals surface area contributed by atoms with Crippen LogP contribution in [-0.4, -0.2) is 51.9 Å². The average molecular weight is 440 g/mol. The van der Waals surface area contributed by atoms with Gasteiger partial charge in [0.1, 0.15) is 4.83 Å². The molecule has 1 aromatic carbocycles. The first-order chi connectivity index (χ1) is 14.9. The van der Waals surface area contributed by atoms with Gasteiger partial charge in [-0.05, 0) is 37.5 Å². The van der Waals surface area contributed by atoms with Crippen LogP contribution in [0.5, 0.6) is 0 Å². The molecule has 3 aromatic rings. The van der Waals surface area contributed by atoms with E-state index in [9.17, 15) is 14.4 Å². The second-order valence-corrected chi connectivity index (χ2v) is 8.83. The maximum atomic E-state index is 12.8. The summed E-state index contributed by atoms with van der Waals surface area (Å²) in [6.07, 6.45) is 3.02. The number of para-hydroxylation sites is 1. The predicted molar refractivity (Wildman–Crippen MR) is 122 cm³/mol. The zero-order valence-corrected chi connectivity index (χ0v) is 18.4. The molecule has 1 fully saturated rings. The predicted octanol–water partition coefficient (Wildman–Crippen LogP) is 2.14. The van der Waals surface area contributed by atoms with E-state index in [0.717, 1.165) is 31.6 Å². The summed E-state index contributed by atoms with van der Waals surface area (Å²) in [5.74, 6) is -0.202. The highest BCUT2D eigenvalue weighted by Crippen LogP contribution is 2.27. The molecule has 0 saturated carbocycles. The van der Waals surface area contributed by atoms with Crippen molar-refractivity contribution in [2.24, 2.45) is 7.05 Å². The van der Waals surface area contributed by atoms with Crippen molar-refractivity contribution in [1.82, 2.24) is 19.8 Å². The van der Waals surface area contributed by atoms with Crippen LogP contribution in [0.3, 0.4) is 0 Å². The molecule has 31 heavy (non-hydrogen) atoms. The molecule has 2 N–H and O–H groups in total. The Labute approximate surface area is 183 Å². The van der Waals surface area contributed by atoms with E-state index in [0.29, 0.717) is 27.2 Å². The van der Waals surface area contributed by atoms with E-state index in [-0.39, 0.29) is 23.4 Å². The second kappa shape index (κ2) is 8.99. The minimum atomic E-state index is -0.164. The molecule has 9 heteroatoms. The van der Waals surface area contributed by atoms with Gasteiger partial charge in [-0.1, -0.05) is 18.2 Å². The number of aryl methyl sites for hydroxylation is 2. The van der Waals surface area contributed by atoms with Gasteiger partial charge in [0, 0.05) is 31.9 Å². The molecule has 0 bridgehead atoms. The van der Waals surface area contributed by atoms with Crippen LogP contribution >= 0.6 is 11.3 Å². The highest BCUT2D eigenvalue weighted by molar-refractivity contribution is 7.20. The highest BCUT2D eigenvalue weighted by Gasteiger charge is 2.25. The Hall–Kier alpha value is -3.04. The van der Waals surface area contributed by atoms with Crippen molar-refractivity contribution in [2.75, 3.05) is 25.0 Å². The number of anilines is 1. The maximum absolute atomic E-state index is 12.8. The minimum absolute atomic E-state index is 0.0383. The third kappa shape index (κ3) is 4.67. The molecule has 2 aromatic heterocycles. The van der Waals surface area contributed by atoms with Crippen molar-refractivity contribution in [3.8, 4) is 0 Å². The molecular formula is C22H25N5O3S. The van der Waals surface area contributed by atoms with E-state index >= 15 is 0 Å². The SMILES string of the molecule is Cc1c(C(=O)NC2CCN(CC(=O)Nc3ccccc3)CC2)sc2ncn(C)c(=O)c12. The standard InChI is InChI=1S/C22H25N5O3S/c1-14-18-21(23-13-26(2)22(18)30)31-19(14)20(29)25-16-8-10-27(11-9-16)12-17(28)24-15-6-4-3-5-7-15/h3-7,13,16H,8-12H2,1-2H3,(H,24,28)(H,25,29). The maximum Gasteiger partial charge on any atom is 0.262 e. The van der Waals surface area contributed by atoms with Crippen LogP contribution in [0.15, 0.2) is 41.5 Å². The highest BCUT2D eigenvalue weighted by atomic mass is 32.1. The van der Waals surface area contributed by atoms with Gasteiger partial charge in [-0.15, -0.1) is 11.3 Å². The normalized spacial score (nSPS) is 15.2. The number of carbonyl (C=O) groups is 2. The number of thiophene rings is 1. The quantitative estimate of drug-likeness (QED) is 0.635. The molecule has 162 valence electrons. The van der Waals surface area contributed by atoms with Crippen molar-refractivity contribution in [3.05, 3.63) is 57.5 Å². The summed E-state index contributed by atoms with van der Waals surface area (Å²) >= 11 is 1.25. The lowest BCUT2D eigenvalue weighted by Gasteiger charge is -2.31. The Morgan fingerprint density at radius 1 is 1.19 bits per heavy atom. The fraction of sp³-hybridized carbons (Fsp3) is 0.364. The largest absolute Gasteiger partial charge is 0.349 e. The number of carbonyl (C=O) groups excluding carboxylic acids is 2. The monoisotopic (exact) mass is 439 g/mol. The lowest BCUT2D eigenvalue weighted by molar-refractivity contribution is -0.117. The Morgan fingerprint density at radius 3 is 2.61 bits per heavy atom. The van der Waals surface area contributed by atoms with Gasteiger partial charge >= 0.3 is 0 Å². The molecule has 0 aliphatic carbocycles. The summed E-state index contributed by atoms with van der Waals surface area (Å²) in [4.78, 5) is 45.0. The van der Waals surface area contributed by atoms with Crippen molar-refractivity contribution < 1.29 is 9.59 Å². The molecule has 1 aliphatic heterocycles. The molecule has 0 unspecified atom stereocenters. The molecule has 8 nitrogen and oxygen atoms in total. The van der Waals surface area contributed by atoms with Gasteiger partial charge in [0.05, 0.1) is 23.1 Å². The molecule has 4 rings (SSSR count). The van der Waals surface area contributed by atoms with Crippen LogP contribution < -0.4 is 16.2 Å². The minimum Gasteiger partial charge on any atom is -0.349 e. The van der Waals surface area contributed by atoms with E-state index in [1.807, 2.05) is 30.3 Å². The van der Waals surface area contributed by atoms with Gasteiger partial charge in [0.15, 0.2) is 0 Å². The van der Waals surface area contributed by atoms with Crippen molar-refractivity contribution in [2.45, 2.75) is 25.8 Å². The lowest BCUT2D eigenvalue weighted by atomic mass is 10.0. The van der Waals surface area contributed by atoms with Gasteiger partial charge in [-0.25, -0.2) is 4.98 Å². The number of rotatable bonds is 5. The van der Waals surface area contributed by atoms with Crippen molar-refractivity contribution in [1.29, 1.82) is 0 Å². The summed E-state index contributed by atoms with van der Waals surface area (Å²) in [5, 5.41) is 6.51. The van der Waals surface area contributed by atoms with Gasteiger partial charge < -0.3 is 15.2 Å². The Kier molecular flexibility index (Phi) is 6.15. The molecule has 0 radical (unpaired) electrons. The number of hydrogen-bond acceptors (Lipinski definition) is 6. The number of nitrogens with zero attached hydrogens (tertiary/aromatic N) is 3. The summed E-state index contributed by atoms with van der Waals surface area (Å²) in [7, 11) is 1.65. The van der Waals surface area contributed by atoms with Gasteiger partial charge in [0.2, 0.25) is 5.91 Å². The van der Waals surface area contributed by atoms with Gasteiger partial charge in [-0.3, -0.25) is 19.3 Å². The first kappa shape index (κ1) is 21.2. The summed E-state index contributed by atoms with van der Waals surface area (Å²) in [5.41, 5.74) is 1.33. The number of amides is 2. The Bertz CT molecular complexity index is 1160. The van der Waals surface area contributed by atoms with Crippen LogP contribution in [0.2, 0.25) is 0 Å². The lowest BCUT2D eigenvalue weighted by Crippen LogP contribution is -2.46. The number of fused-ring (bicyclic) bond motifs is 1. The van der Waals surface area contributed by atoms with Crippen molar-refractivity contribution >= 4 is 39.1 Å². The van der Waals surface area contributed by atoms with Gasteiger partial charge in [0.25, 0.3) is 11.5 Å². The number of nitrogens with one attached hydrogen (secondary N) is 2. The zero-order valence-electron chi connectivity index (χ0n) is 17.6. The fourth-order valence-electron chi connectivity index (χ4n) is 3.84. The van der Waals surface area contributed by atoms with Crippen LogP contribution in [0.4, 0.5) is 5.69 Å². The van der Waals surface area contributed by atoms with E-state index in [1.54, 1.807) is 14.0 Å². The van der Waals surface area contributed by atoms with E-state index in [4.69, 9.17) is 0 Å². The summed E-state index contributed by atoms with van der Waals surface area (Å²) in [6, 6.07) is 9.44. The zero-order chi connectivity index (χ0) is 22.0. The average Bonchev–Trinajstić information content (AvgIpc) is 3.10. The van der Waals surface area contributed by atoms with E-state index in [1.165, 1.54) is 22.2 Å². The van der Waals surface area contributed by atoms with Crippen LogP contribution in [0, 0.1) is 6.92 Å². The number of aromatic nitrogens is 2. The van der Waals surface area contributed by atoms with Crippen molar-refractivity contribution in [3.63, 3.8) is 0 Å². The second-order valence-electron chi connectivity index (χ2n) is 7.84. The number of likely N-dealkylation sites (tertiary alicyclic amines) is 1. The fourth-order valence-corrected chi connectivity index (χ4v) is 4.88. The molecule has 1 aliphatic rings. The third-order valence-corrected chi connectivity index (χ3v) is 6.76. The third-order valence-electron chi connectivity index (χ3n) is 5.56. The Balaban J connectivity index is 1.32. The van der Waals surface area contributed by atoms with Crippen LogP contribution in [0.25, 0.3) is 10.2 Å². The van der Waals surface area contributed by atoms with Crippen LogP contribution in [0.1, 0.15) is 28.1 Å². The van der Waals surface area contributed by atoms with E-state index < -0.39 is 0 Å². The Morgan fingerprint density at radius 2 is 1.90 bits per heavy atom. The first-order valence-corrected chi connectivity index (χ1v) is 11.1. The number of hydrogen-bond donors (Lipinski definition) is 2. The van der Waals surface area contributed by atoms with Crippen LogP contribution in [-0.2, 0) is 11.8 Å². The molecule has 0 spiro atoms. The topological polar surface area (TPSA) is 96.3 Å². The first-order valence-electron chi connectivity index (χ1n) is 10.2. The number of piperidine rings is 1.